The smallest absolute Gasteiger partial charge is 0.239 e. The molecule has 1 amide bonds. The molecule has 3 nitrogen and oxygen atoms in total. The number of hydrogen-bond donors (Lipinski definition) is 1. The molecule has 1 saturated carbocycles. The molecule has 1 aliphatic heterocycles. The highest BCUT2D eigenvalue weighted by Crippen LogP contribution is 2.33. The minimum absolute atomic E-state index is 0.176. The van der Waals surface area contributed by atoms with Crippen LogP contribution in [0.1, 0.15) is 12.8 Å². The molecule has 0 radical (unpaired) electrons. The van der Waals surface area contributed by atoms with Crippen molar-refractivity contribution in [3.8, 4) is 0 Å². The standard InChI is InChI=1S/C9H16N2OS2/c10-8(7-1-2-7)9(12)11-3-5-13-14-6-4-11/h7-8H,1-6,10H2. The fourth-order valence-corrected chi connectivity index (χ4v) is 3.59. The third-order valence-electron chi connectivity index (χ3n) is 2.70. The molecular weight excluding hydrogens is 216 g/mol. The van der Waals surface area contributed by atoms with Crippen LogP contribution in [0.15, 0.2) is 0 Å². The van der Waals surface area contributed by atoms with Gasteiger partial charge in [0.15, 0.2) is 0 Å². The molecule has 2 fully saturated rings. The van der Waals surface area contributed by atoms with Crippen molar-refractivity contribution in [2.45, 2.75) is 18.9 Å². The van der Waals surface area contributed by atoms with E-state index in [2.05, 4.69) is 0 Å². The fraction of sp³-hybridized carbons (Fsp3) is 0.889. The van der Waals surface area contributed by atoms with Gasteiger partial charge in [-0.2, -0.15) is 0 Å². The number of amides is 1. The Morgan fingerprint density at radius 3 is 2.36 bits per heavy atom. The van der Waals surface area contributed by atoms with Gasteiger partial charge in [-0.1, -0.05) is 21.6 Å². The Morgan fingerprint density at radius 2 is 1.86 bits per heavy atom. The van der Waals surface area contributed by atoms with Gasteiger partial charge in [0.2, 0.25) is 5.91 Å². The summed E-state index contributed by atoms with van der Waals surface area (Å²) in [6.45, 7) is 1.74. The van der Waals surface area contributed by atoms with E-state index in [-0.39, 0.29) is 11.9 Å². The molecule has 5 heteroatoms. The van der Waals surface area contributed by atoms with Crippen LogP contribution in [-0.2, 0) is 4.79 Å². The maximum atomic E-state index is 11.9. The number of hydrogen-bond acceptors (Lipinski definition) is 4. The van der Waals surface area contributed by atoms with Gasteiger partial charge < -0.3 is 10.6 Å². The average molecular weight is 232 g/mol. The minimum atomic E-state index is -0.219. The first-order chi connectivity index (χ1) is 6.79. The maximum Gasteiger partial charge on any atom is 0.239 e. The first kappa shape index (κ1) is 10.6. The van der Waals surface area contributed by atoms with Crippen LogP contribution in [-0.4, -0.2) is 41.4 Å². The van der Waals surface area contributed by atoms with Gasteiger partial charge >= 0.3 is 0 Å². The van der Waals surface area contributed by atoms with Crippen molar-refractivity contribution in [3.63, 3.8) is 0 Å². The Kier molecular flexibility index (Phi) is 3.62. The summed E-state index contributed by atoms with van der Waals surface area (Å²) in [5, 5.41) is 0. The van der Waals surface area contributed by atoms with Gasteiger partial charge in [0.25, 0.3) is 0 Å². The van der Waals surface area contributed by atoms with Crippen molar-refractivity contribution in [3.05, 3.63) is 0 Å². The van der Waals surface area contributed by atoms with Crippen LogP contribution in [0.25, 0.3) is 0 Å². The number of nitrogens with zero attached hydrogens (tertiary/aromatic N) is 1. The van der Waals surface area contributed by atoms with E-state index in [1.165, 1.54) is 0 Å². The van der Waals surface area contributed by atoms with Crippen LogP contribution >= 0.6 is 21.6 Å². The Balaban J connectivity index is 1.87. The molecule has 0 bridgehead atoms. The normalized spacial score (nSPS) is 25.6. The summed E-state index contributed by atoms with van der Waals surface area (Å²) in [7, 11) is 3.71. The van der Waals surface area contributed by atoms with Gasteiger partial charge in [-0.25, -0.2) is 0 Å². The molecule has 80 valence electrons. The zero-order valence-electron chi connectivity index (χ0n) is 8.15. The second-order valence-electron chi connectivity index (χ2n) is 3.83. The number of rotatable bonds is 2. The van der Waals surface area contributed by atoms with Crippen molar-refractivity contribution in [1.82, 2.24) is 4.90 Å². The highest BCUT2D eigenvalue weighted by atomic mass is 33.1. The summed E-state index contributed by atoms with van der Waals surface area (Å²) < 4.78 is 0. The summed E-state index contributed by atoms with van der Waals surface area (Å²) in [6, 6.07) is -0.219. The van der Waals surface area contributed by atoms with Crippen LogP contribution in [0.3, 0.4) is 0 Å². The quantitative estimate of drug-likeness (QED) is 0.720. The lowest BCUT2D eigenvalue weighted by atomic mass is 10.2. The minimum Gasteiger partial charge on any atom is -0.340 e. The maximum absolute atomic E-state index is 11.9. The molecule has 0 aromatic carbocycles. The summed E-state index contributed by atoms with van der Waals surface area (Å²) in [5.74, 6) is 2.73. The topological polar surface area (TPSA) is 46.3 Å². The van der Waals surface area contributed by atoms with Crippen LogP contribution in [0.5, 0.6) is 0 Å². The van der Waals surface area contributed by atoms with Gasteiger partial charge in [0.05, 0.1) is 6.04 Å². The summed E-state index contributed by atoms with van der Waals surface area (Å²) >= 11 is 0. The van der Waals surface area contributed by atoms with Gasteiger partial charge in [-0.15, -0.1) is 0 Å². The molecule has 14 heavy (non-hydrogen) atoms. The van der Waals surface area contributed by atoms with E-state index in [9.17, 15) is 4.79 Å². The molecule has 0 aromatic heterocycles. The highest BCUT2D eigenvalue weighted by Gasteiger charge is 2.35. The number of nitrogens with two attached hydrogens (primary N) is 1. The lowest BCUT2D eigenvalue weighted by Gasteiger charge is -2.23. The molecular formula is C9H16N2OS2. The Hall–Kier alpha value is 0.130. The number of carbonyl (C=O) groups is 1. The predicted molar refractivity (Wildman–Crippen MR) is 62.2 cm³/mol. The number of carbonyl (C=O) groups excluding carboxylic acids is 1. The SMILES string of the molecule is NC(C(=O)N1CCSSCC1)C1CC1. The first-order valence-corrected chi connectivity index (χ1v) is 7.56. The van der Waals surface area contributed by atoms with E-state index in [0.29, 0.717) is 5.92 Å². The molecule has 1 atom stereocenters. The van der Waals surface area contributed by atoms with Crippen molar-refractivity contribution < 1.29 is 4.79 Å². The van der Waals surface area contributed by atoms with E-state index < -0.39 is 0 Å². The molecule has 2 N–H and O–H groups in total. The molecule has 0 aromatic rings. The van der Waals surface area contributed by atoms with Crippen molar-refractivity contribution in [2.24, 2.45) is 11.7 Å². The Morgan fingerprint density at radius 1 is 1.29 bits per heavy atom. The lowest BCUT2D eigenvalue weighted by molar-refractivity contribution is -0.132. The van der Waals surface area contributed by atoms with Crippen LogP contribution in [0, 0.1) is 5.92 Å². The molecule has 1 unspecified atom stereocenters. The van der Waals surface area contributed by atoms with E-state index in [1.807, 2.05) is 26.5 Å². The summed E-state index contributed by atoms with van der Waals surface area (Å²) in [4.78, 5) is 13.9. The largest absolute Gasteiger partial charge is 0.340 e. The molecule has 1 heterocycles. The van der Waals surface area contributed by atoms with E-state index in [1.54, 1.807) is 0 Å². The van der Waals surface area contributed by atoms with Crippen molar-refractivity contribution >= 4 is 27.5 Å². The monoisotopic (exact) mass is 232 g/mol. The summed E-state index contributed by atoms with van der Waals surface area (Å²) in [5.41, 5.74) is 5.90. The van der Waals surface area contributed by atoms with Gasteiger partial charge in [0.1, 0.15) is 0 Å². The highest BCUT2D eigenvalue weighted by molar-refractivity contribution is 8.76. The second-order valence-corrected chi connectivity index (χ2v) is 6.53. The molecule has 1 aliphatic carbocycles. The molecule has 2 rings (SSSR count). The van der Waals surface area contributed by atoms with Crippen LogP contribution < -0.4 is 5.73 Å². The summed E-state index contributed by atoms with van der Waals surface area (Å²) in [6.07, 6.45) is 2.29. The zero-order chi connectivity index (χ0) is 9.97. The van der Waals surface area contributed by atoms with E-state index >= 15 is 0 Å². The Bertz CT molecular complexity index is 213. The van der Waals surface area contributed by atoms with Crippen molar-refractivity contribution in [2.75, 3.05) is 24.6 Å². The van der Waals surface area contributed by atoms with Crippen molar-refractivity contribution in [1.29, 1.82) is 0 Å². The first-order valence-electron chi connectivity index (χ1n) is 5.08. The second kappa shape index (κ2) is 4.77. The third-order valence-corrected chi connectivity index (χ3v) is 5.06. The van der Waals surface area contributed by atoms with E-state index in [4.69, 9.17) is 5.73 Å². The lowest BCUT2D eigenvalue weighted by Crippen LogP contribution is -2.46. The average Bonchev–Trinajstić information content (AvgIpc) is 3.02. The third kappa shape index (κ3) is 2.58. The molecule has 0 spiro atoms. The molecule has 1 saturated heterocycles. The van der Waals surface area contributed by atoms with Gasteiger partial charge in [-0.3, -0.25) is 4.79 Å². The van der Waals surface area contributed by atoms with Crippen LogP contribution in [0.2, 0.25) is 0 Å². The zero-order valence-corrected chi connectivity index (χ0v) is 9.78. The van der Waals surface area contributed by atoms with E-state index in [0.717, 1.165) is 37.4 Å². The Labute approximate surface area is 92.6 Å². The van der Waals surface area contributed by atoms with Gasteiger partial charge in [0, 0.05) is 24.6 Å². The van der Waals surface area contributed by atoms with Crippen LogP contribution in [0.4, 0.5) is 0 Å². The molecule has 2 aliphatic rings. The van der Waals surface area contributed by atoms with Gasteiger partial charge in [-0.05, 0) is 18.8 Å². The fourth-order valence-electron chi connectivity index (χ4n) is 1.61. The predicted octanol–water partition coefficient (Wildman–Crippen LogP) is 0.947.